The zero-order valence-corrected chi connectivity index (χ0v) is 24.5. The lowest BCUT2D eigenvalue weighted by Crippen LogP contribution is -2.32. The lowest BCUT2D eigenvalue weighted by molar-refractivity contribution is -0.153. The molecule has 1 aliphatic rings. The summed E-state index contributed by atoms with van der Waals surface area (Å²) in [5.74, 6) is -0.0943. The van der Waals surface area contributed by atoms with Crippen molar-refractivity contribution >= 4 is 11.8 Å². The summed E-state index contributed by atoms with van der Waals surface area (Å²) < 4.78 is 5.96. The molecule has 0 aromatic rings. The first kappa shape index (κ1) is 32.9. The molecule has 3 heteroatoms. The third-order valence-electron chi connectivity index (χ3n) is 7.16. The van der Waals surface area contributed by atoms with Crippen LogP contribution in [0.2, 0.25) is 0 Å². The molecule has 0 radical (unpaired) electrons. The summed E-state index contributed by atoms with van der Waals surface area (Å²) in [5, 5.41) is 0. The van der Waals surface area contributed by atoms with Gasteiger partial charge in [0.1, 0.15) is 6.10 Å². The number of hydrogen-bond donors (Lipinski definition) is 0. The lowest BCUT2D eigenvalue weighted by Gasteiger charge is -2.31. The Labute approximate surface area is 228 Å². The fourth-order valence-electron chi connectivity index (χ4n) is 4.36. The summed E-state index contributed by atoms with van der Waals surface area (Å²) in [6, 6.07) is 0. The molecule has 0 heterocycles. The SMILES string of the molecule is CCCCC/C=C\C/C=C\CCCCCCCC(=O)O[C@@H]1C/C=C(\C)CC/C=C(\C)C(=O)/C=C/C1(C)C. The Bertz CT molecular complexity index is 807. The predicted octanol–water partition coefficient (Wildman–Crippen LogP) is 9.94. The molecule has 0 N–H and O–H groups in total. The second kappa shape index (κ2) is 19.9. The lowest BCUT2D eigenvalue weighted by atomic mass is 9.83. The maximum atomic E-state index is 12.6. The van der Waals surface area contributed by atoms with Crippen molar-refractivity contribution in [3.8, 4) is 0 Å². The normalized spacial score (nSPS) is 22.6. The molecule has 3 nitrogen and oxygen atoms in total. The van der Waals surface area contributed by atoms with E-state index >= 15 is 0 Å². The predicted molar refractivity (Wildman–Crippen MR) is 159 cm³/mol. The Kier molecular flexibility index (Phi) is 17.7. The van der Waals surface area contributed by atoms with Gasteiger partial charge in [0.25, 0.3) is 0 Å². The summed E-state index contributed by atoms with van der Waals surface area (Å²) in [7, 11) is 0. The third kappa shape index (κ3) is 16.3. The van der Waals surface area contributed by atoms with Crippen molar-refractivity contribution in [2.45, 2.75) is 137 Å². The van der Waals surface area contributed by atoms with Crippen LogP contribution in [0, 0.1) is 5.41 Å². The number of carbonyl (C=O) groups is 2. The van der Waals surface area contributed by atoms with Crippen molar-refractivity contribution in [2.24, 2.45) is 5.41 Å². The van der Waals surface area contributed by atoms with E-state index < -0.39 is 5.41 Å². The topological polar surface area (TPSA) is 43.4 Å². The summed E-state index contributed by atoms with van der Waals surface area (Å²) in [5.41, 5.74) is 1.63. The van der Waals surface area contributed by atoms with Crippen LogP contribution in [0.5, 0.6) is 0 Å². The molecular weight excluding hydrogens is 456 g/mol. The zero-order valence-electron chi connectivity index (χ0n) is 24.5. The van der Waals surface area contributed by atoms with Gasteiger partial charge in [0.15, 0.2) is 5.78 Å². The smallest absolute Gasteiger partial charge is 0.306 e. The van der Waals surface area contributed by atoms with Crippen molar-refractivity contribution in [3.63, 3.8) is 0 Å². The molecule has 1 atom stereocenters. The average molecular weight is 511 g/mol. The molecule has 0 bridgehead atoms. The first-order valence-corrected chi connectivity index (χ1v) is 14.8. The Hall–Kier alpha value is -2.16. The summed E-state index contributed by atoms with van der Waals surface area (Å²) in [6.45, 7) is 10.3. The number of hydrogen-bond acceptors (Lipinski definition) is 3. The molecule has 0 spiro atoms. The van der Waals surface area contributed by atoms with Crippen molar-refractivity contribution in [1.29, 1.82) is 0 Å². The molecule has 0 aromatic heterocycles. The van der Waals surface area contributed by atoms with Gasteiger partial charge in [0, 0.05) is 18.3 Å². The van der Waals surface area contributed by atoms with Crippen LogP contribution in [0.1, 0.15) is 131 Å². The summed E-state index contributed by atoms with van der Waals surface area (Å²) in [4.78, 5) is 25.1. The minimum absolute atomic E-state index is 0.0329. The highest BCUT2D eigenvalue weighted by atomic mass is 16.5. The molecule has 1 rings (SSSR count). The van der Waals surface area contributed by atoms with Gasteiger partial charge in [-0.25, -0.2) is 0 Å². The van der Waals surface area contributed by atoms with E-state index in [0.717, 1.165) is 50.5 Å². The number of esters is 1. The average Bonchev–Trinajstić information content (AvgIpc) is 2.86. The highest BCUT2D eigenvalue weighted by molar-refractivity contribution is 6.03. The van der Waals surface area contributed by atoms with Crippen molar-refractivity contribution < 1.29 is 14.3 Å². The van der Waals surface area contributed by atoms with Gasteiger partial charge in [0.2, 0.25) is 0 Å². The molecule has 1 aliphatic carbocycles. The molecule has 0 saturated heterocycles. The number of ether oxygens (including phenoxy) is 1. The molecule has 37 heavy (non-hydrogen) atoms. The van der Waals surface area contributed by atoms with E-state index in [1.165, 1.54) is 44.1 Å². The maximum Gasteiger partial charge on any atom is 0.306 e. The zero-order chi connectivity index (χ0) is 27.4. The van der Waals surface area contributed by atoms with Crippen LogP contribution in [0.3, 0.4) is 0 Å². The van der Waals surface area contributed by atoms with Crippen LogP contribution in [-0.4, -0.2) is 17.9 Å². The standard InChI is InChI=1S/C34H54O3/c1-6-7-8-9-10-11-12-13-14-15-16-17-18-19-20-24-33(36)37-32-26-25-29(2)22-21-23-30(3)31(35)27-28-34(32,4)5/h10-11,13-14,23,25,27-28,32H,6-9,12,15-22,24,26H2,1-5H3/b11-10-,14-13-,28-27+,29-25+,30-23+/t32-/m1/s1. The van der Waals surface area contributed by atoms with Gasteiger partial charge in [-0.1, -0.05) is 101 Å². The van der Waals surface area contributed by atoms with Crippen molar-refractivity contribution in [2.75, 3.05) is 0 Å². The third-order valence-corrected chi connectivity index (χ3v) is 7.16. The first-order chi connectivity index (χ1) is 17.8. The van der Waals surface area contributed by atoms with E-state index in [4.69, 9.17) is 4.74 Å². The minimum Gasteiger partial charge on any atom is -0.461 e. The molecule has 0 aromatic carbocycles. The second-order valence-corrected chi connectivity index (χ2v) is 11.2. The van der Waals surface area contributed by atoms with Gasteiger partial charge in [0.05, 0.1) is 0 Å². The highest BCUT2D eigenvalue weighted by Crippen LogP contribution is 2.30. The van der Waals surface area contributed by atoms with E-state index in [9.17, 15) is 9.59 Å². The van der Waals surface area contributed by atoms with Gasteiger partial charge in [-0.2, -0.15) is 0 Å². The van der Waals surface area contributed by atoms with Crippen LogP contribution in [-0.2, 0) is 14.3 Å². The molecule has 0 fully saturated rings. The quantitative estimate of drug-likeness (QED) is 0.125. The van der Waals surface area contributed by atoms with Crippen molar-refractivity contribution in [3.05, 3.63) is 59.8 Å². The summed E-state index contributed by atoms with van der Waals surface area (Å²) >= 11 is 0. The fraction of sp³-hybridized carbons (Fsp3) is 0.647. The molecule has 0 saturated carbocycles. The number of rotatable bonds is 15. The van der Waals surface area contributed by atoms with Gasteiger partial charge < -0.3 is 4.74 Å². The Balaban J connectivity index is 2.33. The second-order valence-electron chi connectivity index (χ2n) is 11.2. The van der Waals surface area contributed by atoms with E-state index in [2.05, 4.69) is 44.2 Å². The van der Waals surface area contributed by atoms with Gasteiger partial charge in [-0.05, 0) is 76.9 Å². The van der Waals surface area contributed by atoms with E-state index in [-0.39, 0.29) is 17.9 Å². The summed E-state index contributed by atoms with van der Waals surface area (Å²) in [6.07, 6.45) is 32.4. The molecular formula is C34H54O3. The van der Waals surface area contributed by atoms with Crippen LogP contribution >= 0.6 is 0 Å². The molecule has 0 aliphatic heterocycles. The first-order valence-electron chi connectivity index (χ1n) is 14.8. The Morgan fingerprint density at radius 1 is 0.946 bits per heavy atom. The number of ketones is 1. The molecule has 0 unspecified atom stereocenters. The van der Waals surface area contributed by atoms with E-state index in [0.29, 0.717) is 12.8 Å². The van der Waals surface area contributed by atoms with E-state index in [1.807, 2.05) is 32.9 Å². The van der Waals surface area contributed by atoms with Crippen LogP contribution < -0.4 is 0 Å². The largest absolute Gasteiger partial charge is 0.461 e. The molecule has 0 amide bonds. The number of carbonyl (C=O) groups excluding carboxylic acids is 2. The fourth-order valence-corrected chi connectivity index (χ4v) is 4.36. The van der Waals surface area contributed by atoms with Crippen LogP contribution in [0.15, 0.2) is 59.8 Å². The highest BCUT2D eigenvalue weighted by Gasteiger charge is 2.30. The monoisotopic (exact) mass is 510 g/mol. The van der Waals surface area contributed by atoms with Crippen molar-refractivity contribution in [1.82, 2.24) is 0 Å². The molecule has 208 valence electrons. The maximum absolute atomic E-state index is 12.6. The van der Waals surface area contributed by atoms with Crippen LogP contribution in [0.4, 0.5) is 0 Å². The van der Waals surface area contributed by atoms with Gasteiger partial charge in [-0.15, -0.1) is 0 Å². The van der Waals surface area contributed by atoms with Gasteiger partial charge >= 0.3 is 5.97 Å². The Morgan fingerprint density at radius 3 is 2.30 bits per heavy atom. The van der Waals surface area contributed by atoms with Crippen LogP contribution in [0.25, 0.3) is 0 Å². The Morgan fingerprint density at radius 2 is 1.59 bits per heavy atom. The minimum atomic E-state index is -0.417. The van der Waals surface area contributed by atoms with Gasteiger partial charge in [-0.3, -0.25) is 9.59 Å². The van der Waals surface area contributed by atoms with E-state index in [1.54, 1.807) is 6.08 Å². The number of unbranched alkanes of at least 4 members (excludes halogenated alkanes) is 8. The number of allylic oxidation sites excluding steroid dienone is 8.